The summed E-state index contributed by atoms with van der Waals surface area (Å²) in [5.74, 6) is 1.10. The van der Waals surface area contributed by atoms with E-state index in [0.29, 0.717) is 17.1 Å². The molecule has 0 aliphatic carbocycles. The zero-order chi connectivity index (χ0) is 13.8. The van der Waals surface area contributed by atoms with E-state index in [9.17, 15) is 10.1 Å². The number of non-ortho nitro benzene ring substituents is 1. The standard InChI is InChI=1S/C14H10N2O3/c1-10-8-14(5-2-11(10)9-15)19-13-6-3-12(4-7-13)16(17)18/h2-8H,1H3. The molecule has 19 heavy (non-hydrogen) atoms. The Balaban J connectivity index is 2.19. The van der Waals surface area contributed by atoms with Crippen molar-refractivity contribution in [3.8, 4) is 17.6 Å². The van der Waals surface area contributed by atoms with Gasteiger partial charge in [0, 0.05) is 12.1 Å². The summed E-state index contributed by atoms with van der Waals surface area (Å²) in [6.45, 7) is 1.82. The third kappa shape index (κ3) is 2.87. The first-order chi connectivity index (χ1) is 9.10. The molecule has 0 aliphatic heterocycles. The molecule has 2 aromatic carbocycles. The van der Waals surface area contributed by atoms with Gasteiger partial charge in [-0.15, -0.1) is 0 Å². The fourth-order valence-electron chi connectivity index (χ4n) is 1.60. The lowest BCUT2D eigenvalue weighted by Gasteiger charge is -2.06. The zero-order valence-corrected chi connectivity index (χ0v) is 10.2. The first kappa shape index (κ1) is 12.6. The fraction of sp³-hybridized carbons (Fsp3) is 0.0714. The predicted octanol–water partition coefficient (Wildman–Crippen LogP) is 3.57. The molecule has 5 nitrogen and oxygen atoms in total. The Bertz CT molecular complexity index is 657. The molecule has 5 heteroatoms. The SMILES string of the molecule is Cc1cc(Oc2ccc([N+](=O)[O-])cc2)ccc1C#N. The molecule has 0 heterocycles. The second-order valence-electron chi connectivity index (χ2n) is 3.94. The van der Waals surface area contributed by atoms with E-state index in [-0.39, 0.29) is 5.69 Å². The van der Waals surface area contributed by atoms with E-state index >= 15 is 0 Å². The van der Waals surface area contributed by atoms with E-state index in [1.165, 1.54) is 24.3 Å². The number of rotatable bonds is 3. The maximum absolute atomic E-state index is 10.5. The minimum Gasteiger partial charge on any atom is -0.457 e. The highest BCUT2D eigenvalue weighted by Crippen LogP contribution is 2.25. The van der Waals surface area contributed by atoms with E-state index in [1.807, 2.05) is 6.92 Å². The van der Waals surface area contributed by atoms with Gasteiger partial charge in [0.25, 0.3) is 5.69 Å². The van der Waals surface area contributed by atoms with Crippen LogP contribution in [0, 0.1) is 28.4 Å². The molecule has 0 fully saturated rings. The maximum atomic E-state index is 10.5. The zero-order valence-electron chi connectivity index (χ0n) is 10.2. The van der Waals surface area contributed by atoms with Gasteiger partial charge in [-0.2, -0.15) is 5.26 Å². The molecule has 0 radical (unpaired) electrons. The normalized spacial score (nSPS) is 9.68. The van der Waals surface area contributed by atoms with Gasteiger partial charge in [0.15, 0.2) is 0 Å². The molecule has 0 aromatic heterocycles. The average Bonchev–Trinajstić information content (AvgIpc) is 2.39. The van der Waals surface area contributed by atoms with Crippen molar-refractivity contribution in [3.05, 3.63) is 63.7 Å². The van der Waals surface area contributed by atoms with Crippen molar-refractivity contribution in [2.45, 2.75) is 6.92 Å². The van der Waals surface area contributed by atoms with Crippen LogP contribution in [0.3, 0.4) is 0 Å². The lowest BCUT2D eigenvalue weighted by atomic mass is 10.1. The summed E-state index contributed by atoms with van der Waals surface area (Å²) in [6, 6.07) is 13.0. The number of nitro groups is 1. The number of benzene rings is 2. The quantitative estimate of drug-likeness (QED) is 0.619. The molecule has 0 atom stereocenters. The van der Waals surface area contributed by atoms with E-state index in [0.717, 1.165) is 5.56 Å². The summed E-state index contributed by atoms with van der Waals surface area (Å²) in [6.07, 6.45) is 0. The van der Waals surface area contributed by atoms with Gasteiger partial charge in [-0.1, -0.05) is 0 Å². The molecule has 2 rings (SSSR count). The van der Waals surface area contributed by atoms with Crippen molar-refractivity contribution >= 4 is 5.69 Å². The maximum Gasteiger partial charge on any atom is 0.269 e. The van der Waals surface area contributed by atoms with Crippen molar-refractivity contribution in [2.24, 2.45) is 0 Å². The second kappa shape index (κ2) is 5.19. The Morgan fingerprint density at radius 2 is 1.79 bits per heavy atom. The number of hydrogen-bond acceptors (Lipinski definition) is 4. The molecule has 0 N–H and O–H groups in total. The summed E-state index contributed by atoms with van der Waals surface area (Å²) >= 11 is 0. The first-order valence-electron chi connectivity index (χ1n) is 5.53. The van der Waals surface area contributed by atoms with E-state index in [2.05, 4.69) is 6.07 Å². The van der Waals surface area contributed by atoms with Crippen LogP contribution in [0.25, 0.3) is 0 Å². The Kier molecular flexibility index (Phi) is 3.44. The highest BCUT2D eigenvalue weighted by molar-refractivity contribution is 5.44. The summed E-state index contributed by atoms with van der Waals surface area (Å²) in [5.41, 5.74) is 1.43. The molecule has 0 saturated carbocycles. The number of hydrogen-bond donors (Lipinski definition) is 0. The number of nitriles is 1. The van der Waals surface area contributed by atoms with Crippen molar-refractivity contribution in [1.29, 1.82) is 5.26 Å². The Morgan fingerprint density at radius 1 is 1.16 bits per heavy atom. The lowest BCUT2D eigenvalue weighted by molar-refractivity contribution is -0.384. The number of aryl methyl sites for hydroxylation is 1. The highest BCUT2D eigenvalue weighted by atomic mass is 16.6. The summed E-state index contributed by atoms with van der Waals surface area (Å²) in [7, 11) is 0. The average molecular weight is 254 g/mol. The molecule has 0 bridgehead atoms. The number of nitrogens with zero attached hydrogens (tertiary/aromatic N) is 2. The summed E-state index contributed by atoms with van der Waals surface area (Å²) in [5, 5.41) is 19.3. The van der Waals surface area contributed by atoms with Crippen LogP contribution >= 0.6 is 0 Å². The van der Waals surface area contributed by atoms with Gasteiger partial charge in [0.1, 0.15) is 11.5 Å². The minimum atomic E-state index is -0.463. The molecule has 2 aromatic rings. The van der Waals surface area contributed by atoms with Crippen LogP contribution in [-0.4, -0.2) is 4.92 Å². The van der Waals surface area contributed by atoms with E-state index in [1.54, 1.807) is 18.2 Å². The monoisotopic (exact) mass is 254 g/mol. The molecule has 0 saturated heterocycles. The largest absolute Gasteiger partial charge is 0.457 e. The van der Waals surface area contributed by atoms with Crippen molar-refractivity contribution in [2.75, 3.05) is 0 Å². The number of nitro benzene ring substituents is 1. The molecule has 0 spiro atoms. The van der Waals surface area contributed by atoms with Crippen LogP contribution < -0.4 is 4.74 Å². The van der Waals surface area contributed by atoms with E-state index in [4.69, 9.17) is 10.00 Å². The molecule has 0 unspecified atom stereocenters. The Hall–Kier alpha value is -2.87. The Labute approximate surface area is 109 Å². The van der Waals surface area contributed by atoms with Crippen LogP contribution in [-0.2, 0) is 0 Å². The number of ether oxygens (including phenoxy) is 1. The first-order valence-corrected chi connectivity index (χ1v) is 5.53. The summed E-state index contributed by atoms with van der Waals surface area (Å²) in [4.78, 5) is 10.1. The Morgan fingerprint density at radius 3 is 2.32 bits per heavy atom. The van der Waals surface area contributed by atoms with Crippen molar-refractivity contribution < 1.29 is 9.66 Å². The summed E-state index contributed by atoms with van der Waals surface area (Å²) < 4.78 is 5.56. The fourth-order valence-corrected chi connectivity index (χ4v) is 1.60. The third-order valence-corrected chi connectivity index (χ3v) is 2.60. The van der Waals surface area contributed by atoms with Crippen molar-refractivity contribution in [3.63, 3.8) is 0 Å². The van der Waals surface area contributed by atoms with Gasteiger partial charge in [0.2, 0.25) is 0 Å². The topological polar surface area (TPSA) is 76.2 Å². The van der Waals surface area contributed by atoms with E-state index < -0.39 is 4.92 Å². The van der Waals surface area contributed by atoms with Gasteiger partial charge in [0.05, 0.1) is 16.6 Å². The van der Waals surface area contributed by atoms with Crippen LogP contribution in [0.2, 0.25) is 0 Å². The smallest absolute Gasteiger partial charge is 0.269 e. The van der Waals surface area contributed by atoms with Gasteiger partial charge in [-0.25, -0.2) is 0 Å². The van der Waals surface area contributed by atoms with Crippen LogP contribution in [0.4, 0.5) is 5.69 Å². The second-order valence-corrected chi connectivity index (χ2v) is 3.94. The lowest BCUT2D eigenvalue weighted by Crippen LogP contribution is -1.89. The van der Waals surface area contributed by atoms with Gasteiger partial charge < -0.3 is 4.74 Å². The molecule has 0 aliphatic rings. The van der Waals surface area contributed by atoms with Gasteiger partial charge in [-0.3, -0.25) is 10.1 Å². The predicted molar refractivity (Wildman–Crippen MR) is 69.1 cm³/mol. The molecular weight excluding hydrogens is 244 g/mol. The molecular formula is C14H10N2O3. The van der Waals surface area contributed by atoms with Gasteiger partial charge >= 0.3 is 0 Å². The molecule has 0 amide bonds. The highest BCUT2D eigenvalue weighted by Gasteiger charge is 2.06. The minimum absolute atomic E-state index is 0.0170. The van der Waals surface area contributed by atoms with Crippen molar-refractivity contribution in [1.82, 2.24) is 0 Å². The molecule has 94 valence electrons. The van der Waals surface area contributed by atoms with Crippen LogP contribution in [0.15, 0.2) is 42.5 Å². The third-order valence-electron chi connectivity index (χ3n) is 2.60. The van der Waals surface area contributed by atoms with Gasteiger partial charge in [-0.05, 0) is 42.8 Å². The van der Waals surface area contributed by atoms with Crippen LogP contribution in [0.5, 0.6) is 11.5 Å². The van der Waals surface area contributed by atoms with Crippen LogP contribution in [0.1, 0.15) is 11.1 Å².